The topological polar surface area (TPSA) is 66.8 Å². The molecule has 1 aliphatic rings. The molecule has 0 radical (unpaired) electrons. The Balaban J connectivity index is 1.27. The number of para-hydroxylation sites is 1. The molecule has 1 aromatic heterocycles. The van der Waals surface area contributed by atoms with Crippen molar-refractivity contribution in [2.45, 2.75) is 0 Å². The van der Waals surface area contributed by atoms with Gasteiger partial charge < -0.3 is 9.80 Å². The van der Waals surface area contributed by atoms with Gasteiger partial charge in [-0.05, 0) is 35.6 Å². The van der Waals surface area contributed by atoms with Crippen LogP contribution in [0.1, 0.15) is 0 Å². The molecular formula is C21H21N4O2S3+. The normalized spacial score (nSPS) is 14.0. The van der Waals surface area contributed by atoms with E-state index < -0.39 is 0 Å². The van der Waals surface area contributed by atoms with E-state index >= 15 is 0 Å². The summed E-state index contributed by atoms with van der Waals surface area (Å²) in [4.78, 5) is 31.7. The van der Waals surface area contributed by atoms with Crippen molar-refractivity contribution in [3.8, 4) is 0 Å². The summed E-state index contributed by atoms with van der Waals surface area (Å²) in [6, 6.07) is 17.7. The molecule has 0 saturated carbocycles. The number of piperazine rings is 1. The maximum atomic E-state index is 12.4. The average molecular weight is 458 g/mol. The summed E-state index contributed by atoms with van der Waals surface area (Å²) in [5, 5.41) is 3.83. The van der Waals surface area contributed by atoms with Crippen molar-refractivity contribution in [3.05, 3.63) is 65.0 Å². The van der Waals surface area contributed by atoms with Crippen LogP contribution in [0.4, 0.5) is 10.8 Å². The van der Waals surface area contributed by atoms with E-state index in [4.69, 9.17) is 12.2 Å². The zero-order valence-corrected chi connectivity index (χ0v) is 18.6. The summed E-state index contributed by atoms with van der Waals surface area (Å²) >= 11 is 8.23. The number of benzene rings is 2. The van der Waals surface area contributed by atoms with Crippen LogP contribution in [0.5, 0.6) is 0 Å². The number of nitrogens with zero attached hydrogens (tertiary/aromatic N) is 2. The van der Waals surface area contributed by atoms with Crippen LogP contribution in [0.3, 0.4) is 0 Å². The average Bonchev–Trinajstić information content (AvgIpc) is 2.78. The molecule has 2 aromatic carbocycles. The molecule has 0 aliphatic carbocycles. The first kappa shape index (κ1) is 20.8. The highest BCUT2D eigenvalue weighted by Gasteiger charge is 2.21. The van der Waals surface area contributed by atoms with Crippen molar-refractivity contribution in [1.82, 2.24) is 4.90 Å². The van der Waals surface area contributed by atoms with Crippen molar-refractivity contribution >= 4 is 66.4 Å². The molecule has 1 fully saturated rings. The number of aromatic nitrogens is 1. The first-order chi connectivity index (χ1) is 14.6. The van der Waals surface area contributed by atoms with Crippen LogP contribution in [0.2, 0.25) is 0 Å². The number of carbonyl (C=O) groups excluding carboxylic acids is 1. The molecule has 6 nitrogen and oxygen atoms in total. The molecule has 1 amide bonds. The number of hydrogen-bond donors (Lipinski definition) is 1. The molecule has 2 N–H and O–H groups in total. The molecular weight excluding hydrogens is 436 g/mol. The maximum absolute atomic E-state index is 12.4. The molecule has 3 aromatic rings. The molecule has 0 atom stereocenters. The van der Waals surface area contributed by atoms with Gasteiger partial charge in [0.05, 0.1) is 5.39 Å². The van der Waals surface area contributed by atoms with E-state index in [0.29, 0.717) is 10.5 Å². The summed E-state index contributed by atoms with van der Waals surface area (Å²) in [7, 11) is 0. The first-order valence-electron chi connectivity index (χ1n) is 9.57. The number of aromatic amines is 1. The van der Waals surface area contributed by atoms with Crippen molar-refractivity contribution in [3.63, 3.8) is 0 Å². The number of nitrogens with one attached hydrogen (secondary N) is 2. The summed E-state index contributed by atoms with van der Waals surface area (Å²) in [6.07, 6.45) is 0. The van der Waals surface area contributed by atoms with E-state index in [1.165, 1.54) is 28.8 Å². The second-order valence-corrected chi connectivity index (χ2v) is 9.46. The standard InChI is InChI=1S/C21H20N4O2S3/c26-18(22-20-23-19(27)16-8-4-5-9-17(16)30-20)14-29-21(28)25-12-10-24(11-13-25)15-6-2-1-3-7-15/h1-9H,10-14H2,(H,22,23,26,27)/p+1. The van der Waals surface area contributed by atoms with E-state index in [1.54, 1.807) is 6.07 Å². The minimum absolute atomic E-state index is 0.188. The van der Waals surface area contributed by atoms with Gasteiger partial charge in [-0.15, -0.1) is 0 Å². The largest absolute Gasteiger partial charge is 0.368 e. The fourth-order valence-electron chi connectivity index (χ4n) is 3.27. The Morgan fingerprint density at radius 1 is 1.07 bits per heavy atom. The van der Waals surface area contributed by atoms with Gasteiger partial charge in [-0.25, -0.2) is 14.9 Å². The van der Waals surface area contributed by atoms with Crippen LogP contribution in [0.25, 0.3) is 10.1 Å². The Bertz CT molecular complexity index is 1110. The summed E-state index contributed by atoms with van der Waals surface area (Å²) in [5.74, 6) is 0.0201. The fourth-order valence-corrected chi connectivity index (χ4v) is 5.27. The number of amides is 1. The SMILES string of the molecule is O=C(CSC(=S)N1CCN(c2ccccc2)CC1)Nc1[nH+]c(=O)c2ccccc2s1. The minimum atomic E-state index is -0.209. The second kappa shape index (κ2) is 9.55. The predicted molar refractivity (Wildman–Crippen MR) is 129 cm³/mol. The van der Waals surface area contributed by atoms with Gasteiger partial charge in [-0.3, -0.25) is 0 Å². The fraction of sp³-hybridized carbons (Fsp3) is 0.238. The smallest absolute Gasteiger partial charge is 0.342 e. The van der Waals surface area contributed by atoms with Crippen molar-refractivity contribution in [2.75, 3.05) is 42.1 Å². The summed E-state index contributed by atoms with van der Waals surface area (Å²) < 4.78 is 1.56. The number of hydrogen-bond acceptors (Lipinski definition) is 6. The molecule has 0 unspecified atom stereocenters. The van der Waals surface area contributed by atoms with E-state index in [9.17, 15) is 9.59 Å². The number of carbonyl (C=O) groups is 1. The molecule has 154 valence electrons. The molecule has 0 bridgehead atoms. The molecule has 1 saturated heterocycles. The molecule has 2 heterocycles. The summed E-state index contributed by atoms with van der Waals surface area (Å²) in [5.41, 5.74) is 1.01. The Morgan fingerprint density at radius 3 is 2.53 bits per heavy atom. The Hall–Kier alpha value is -2.49. The van der Waals surface area contributed by atoms with E-state index in [0.717, 1.165) is 35.2 Å². The van der Waals surface area contributed by atoms with E-state index in [2.05, 4.69) is 32.2 Å². The minimum Gasteiger partial charge on any atom is -0.368 e. The predicted octanol–water partition coefficient (Wildman–Crippen LogP) is 2.85. The lowest BCUT2D eigenvalue weighted by atomic mass is 10.2. The van der Waals surface area contributed by atoms with Gasteiger partial charge in [-0.2, -0.15) is 4.98 Å². The lowest BCUT2D eigenvalue weighted by molar-refractivity contribution is -0.373. The Morgan fingerprint density at radius 2 is 1.77 bits per heavy atom. The van der Waals surface area contributed by atoms with Gasteiger partial charge in [0.15, 0.2) is 0 Å². The Labute approximate surface area is 187 Å². The third kappa shape index (κ3) is 4.97. The zero-order valence-electron chi connectivity index (χ0n) is 16.2. The van der Waals surface area contributed by atoms with Crippen molar-refractivity contribution in [1.29, 1.82) is 0 Å². The highest BCUT2D eigenvalue weighted by molar-refractivity contribution is 8.23. The van der Waals surface area contributed by atoms with Crippen LogP contribution >= 0.6 is 35.3 Å². The first-order valence-corrected chi connectivity index (χ1v) is 11.8. The van der Waals surface area contributed by atoms with Crippen LogP contribution in [0, 0.1) is 0 Å². The second-order valence-electron chi connectivity index (χ2n) is 6.79. The molecule has 30 heavy (non-hydrogen) atoms. The number of thiocarbonyl (C=S) groups is 1. The van der Waals surface area contributed by atoms with Gasteiger partial charge in [0.1, 0.15) is 10.1 Å². The zero-order chi connectivity index (χ0) is 20.9. The number of fused-ring (bicyclic) bond motifs is 1. The van der Waals surface area contributed by atoms with Crippen LogP contribution < -0.4 is 20.8 Å². The van der Waals surface area contributed by atoms with Crippen molar-refractivity contribution < 1.29 is 9.78 Å². The van der Waals surface area contributed by atoms with E-state index in [1.807, 2.05) is 36.4 Å². The van der Waals surface area contributed by atoms with Gasteiger partial charge in [-0.1, -0.05) is 54.3 Å². The lowest BCUT2D eigenvalue weighted by Gasteiger charge is -2.37. The molecule has 9 heteroatoms. The maximum Gasteiger partial charge on any atom is 0.342 e. The van der Waals surface area contributed by atoms with Crippen LogP contribution in [-0.4, -0.2) is 47.1 Å². The Kier molecular flexibility index (Phi) is 6.61. The molecule has 1 aliphatic heterocycles. The highest BCUT2D eigenvalue weighted by atomic mass is 32.2. The van der Waals surface area contributed by atoms with Gasteiger partial charge >= 0.3 is 16.6 Å². The number of anilines is 2. The van der Waals surface area contributed by atoms with Crippen LogP contribution in [-0.2, 0) is 4.79 Å². The highest BCUT2D eigenvalue weighted by Crippen LogP contribution is 2.20. The van der Waals surface area contributed by atoms with E-state index in [-0.39, 0.29) is 17.2 Å². The number of thioether (sulfide) groups is 1. The van der Waals surface area contributed by atoms with Gasteiger partial charge in [0.2, 0.25) is 0 Å². The van der Waals surface area contributed by atoms with Gasteiger partial charge in [0.25, 0.3) is 0 Å². The molecule has 4 rings (SSSR count). The summed E-state index contributed by atoms with van der Waals surface area (Å²) in [6.45, 7) is 3.47. The number of rotatable bonds is 4. The third-order valence-corrected chi connectivity index (χ3v) is 7.32. The monoisotopic (exact) mass is 457 g/mol. The lowest BCUT2D eigenvalue weighted by Crippen LogP contribution is -2.47. The molecule has 0 spiro atoms. The third-order valence-electron chi connectivity index (χ3n) is 4.81. The van der Waals surface area contributed by atoms with Gasteiger partial charge in [0, 0.05) is 36.6 Å². The number of H-pyrrole nitrogens is 1. The van der Waals surface area contributed by atoms with Crippen molar-refractivity contribution in [2.24, 2.45) is 0 Å². The quantitative estimate of drug-likeness (QED) is 0.608. The van der Waals surface area contributed by atoms with Crippen LogP contribution in [0.15, 0.2) is 59.4 Å².